The Hall–Kier alpha value is -3.55. The van der Waals surface area contributed by atoms with Crippen molar-refractivity contribution < 1.29 is 18.5 Å². The van der Waals surface area contributed by atoms with E-state index in [1.807, 2.05) is 6.07 Å². The zero-order valence-electron chi connectivity index (χ0n) is 14.8. The Labute approximate surface area is 160 Å². The average Bonchev–Trinajstić information content (AvgIpc) is 3.34. The molecule has 1 atom stereocenters. The van der Waals surface area contributed by atoms with Crippen molar-refractivity contribution in [3.8, 4) is 0 Å². The van der Waals surface area contributed by atoms with Crippen molar-refractivity contribution in [2.24, 2.45) is 0 Å². The number of anilines is 1. The molecule has 0 spiro atoms. The topological polar surface area (TPSA) is 88.3 Å². The Bertz CT molecular complexity index is 988. The molecule has 142 valence electrons. The van der Waals surface area contributed by atoms with Crippen molar-refractivity contribution in [3.05, 3.63) is 77.7 Å². The van der Waals surface area contributed by atoms with Gasteiger partial charge >= 0.3 is 0 Å². The van der Waals surface area contributed by atoms with Crippen molar-refractivity contribution in [2.45, 2.75) is 18.9 Å². The molecule has 0 saturated carbocycles. The standard InChI is InChI=1S/C20H17FN4O3/c21-15-6-8-16(9-7-15)25-12-14(10-18(25)26)19-23-17(28-24-19)11-22-20(27)13-4-2-1-3-5-13/h1-9,14H,10-12H2,(H,22,27). The van der Waals surface area contributed by atoms with E-state index in [2.05, 4.69) is 15.5 Å². The van der Waals surface area contributed by atoms with E-state index in [1.54, 1.807) is 41.3 Å². The molecule has 1 fully saturated rings. The molecular weight excluding hydrogens is 363 g/mol. The lowest BCUT2D eigenvalue weighted by molar-refractivity contribution is -0.117. The SMILES string of the molecule is O=C(NCc1nc(C2CC(=O)N(c3ccc(F)cc3)C2)no1)c1ccccc1. The summed E-state index contributed by atoms with van der Waals surface area (Å²) >= 11 is 0. The van der Waals surface area contributed by atoms with Gasteiger partial charge in [0.2, 0.25) is 11.8 Å². The molecule has 1 aliphatic heterocycles. The molecule has 1 saturated heterocycles. The maximum atomic E-state index is 13.1. The number of hydrogen-bond acceptors (Lipinski definition) is 5. The van der Waals surface area contributed by atoms with Gasteiger partial charge in [0.1, 0.15) is 5.82 Å². The third-order valence-corrected chi connectivity index (χ3v) is 4.55. The third-order valence-electron chi connectivity index (χ3n) is 4.55. The van der Waals surface area contributed by atoms with E-state index in [1.165, 1.54) is 12.1 Å². The molecule has 0 radical (unpaired) electrons. The van der Waals surface area contributed by atoms with Crippen LogP contribution in [0.15, 0.2) is 59.1 Å². The number of nitrogens with one attached hydrogen (secondary N) is 1. The largest absolute Gasteiger partial charge is 0.343 e. The number of amides is 2. The zero-order valence-corrected chi connectivity index (χ0v) is 14.8. The van der Waals surface area contributed by atoms with Crippen LogP contribution in [0.1, 0.15) is 34.4 Å². The van der Waals surface area contributed by atoms with Crippen LogP contribution >= 0.6 is 0 Å². The first-order valence-electron chi connectivity index (χ1n) is 8.82. The molecule has 1 aromatic heterocycles. The van der Waals surface area contributed by atoms with E-state index in [4.69, 9.17) is 4.52 Å². The Kier molecular flexibility index (Phi) is 4.84. The average molecular weight is 380 g/mol. The normalized spacial score (nSPS) is 16.4. The molecule has 4 rings (SSSR count). The number of rotatable bonds is 5. The first-order chi connectivity index (χ1) is 13.6. The number of aromatic nitrogens is 2. The maximum Gasteiger partial charge on any atom is 0.251 e. The van der Waals surface area contributed by atoms with Gasteiger partial charge < -0.3 is 14.7 Å². The summed E-state index contributed by atoms with van der Waals surface area (Å²) in [5, 5.41) is 6.67. The van der Waals surface area contributed by atoms with Crippen LogP contribution in [0.4, 0.5) is 10.1 Å². The molecule has 3 aromatic rings. The Morgan fingerprint density at radius 1 is 1.18 bits per heavy atom. The molecule has 1 aliphatic rings. The smallest absolute Gasteiger partial charge is 0.251 e. The maximum absolute atomic E-state index is 13.1. The molecule has 0 bridgehead atoms. The van der Waals surface area contributed by atoms with Crippen LogP contribution in [0.25, 0.3) is 0 Å². The molecule has 7 nitrogen and oxygen atoms in total. The van der Waals surface area contributed by atoms with E-state index in [-0.39, 0.29) is 42.4 Å². The highest BCUT2D eigenvalue weighted by molar-refractivity contribution is 5.96. The fraction of sp³-hybridized carbons (Fsp3) is 0.200. The van der Waals surface area contributed by atoms with Gasteiger partial charge in [-0.05, 0) is 36.4 Å². The van der Waals surface area contributed by atoms with Crippen molar-refractivity contribution in [1.29, 1.82) is 0 Å². The Morgan fingerprint density at radius 2 is 1.93 bits per heavy atom. The fourth-order valence-electron chi connectivity index (χ4n) is 3.10. The quantitative estimate of drug-likeness (QED) is 0.735. The summed E-state index contributed by atoms with van der Waals surface area (Å²) in [6, 6.07) is 14.6. The predicted molar refractivity (Wildman–Crippen MR) is 98.0 cm³/mol. The summed E-state index contributed by atoms with van der Waals surface area (Å²) < 4.78 is 18.3. The van der Waals surface area contributed by atoms with Crippen molar-refractivity contribution in [1.82, 2.24) is 15.5 Å². The molecule has 28 heavy (non-hydrogen) atoms. The summed E-state index contributed by atoms with van der Waals surface area (Å²) in [6.07, 6.45) is 0.243. The summed E-state index contributed by atoms with van der Waals surface area (Å²) in [7, 11) is 0. The number of hydrogen-bond donors (Lipinski definition) is 1. The molecule has 1 N–H and O–H groups in total. The van der Waals surface area contributed by atoms with Gasteiger partial charge in [-0.2, -0.15) is 4.98 Å². The summed E-state index contributed by atoms with van der Waals surface area (Å²) in [5.74, 6) is -0.208. The number of halogens is 1. The van der Waals surface area contributed by atoms with Gasteiger partial charge in [-0.15, -0.1) is 0 Å². The summed E-state index contributed by atoms with van der Waals surface area (Å²) in [6.45, 7) is 0.489. The second-order valence-electron chi connectivity index (χ2n) is 6.48. The van der Waals surface area contributed by atoms with Gasteiger partial charge in [0.15, 0.2) is 5.82 Å². The second-order valence-corrected chi connectivity index (χ2v) is 6.48. The number of carbonyl (C=O) groups is 2. The van der Waals surface area contributed by atoms with Crippen LogP contribution in [0.5, 0.6) is 0 Å². The summed E-state index contributed by atoms with van der Waals surface area (Å²) in [4.78, 5) is 30.3. The minimum absolute atomic E-state index is 0.0830. The Morgan fingerprint density at radius 3 is 2.68 bits per heavy atom. The van der Waals surface area contributed by atoms with E-state index in [0.29, 0.717) is 23.6 Å². The van der Waals surface area contributed by atoms with Crippen molar-refractivity contribution in [3.63, 3.8) is 0 Å². The predicted octanol–water partition coefficient (Wildman–Crippen LogP) is 2.66. The molecule has 2 aromatic carbocycles. The fourth-order valence-corrected chi connectivity index (χ4v) is 3.10. The van der Waals surface area contributed by atoms with E-state index >= 15 is 0 Å². The van der Waals surface area contributed by atoms with Crippen LogP contribution in [0.2, 0.25) is 0 Å². The van der Waals surface area contributed by atoms with Gasteiger partial charge in [-0.3, -0.25) is 9.59 Å². The molecule has 2 amide bonds. The highest BCUT2D eigenvalue weighted by Gasteiger charge is 2.34. The van der Waals surface area contributed by atoms with Gasteiger partial charge in [0, 0.05) is 30.1 Å². The highest BCUT2D eigenvalue weighted by Crippen LogP contribution is 2.30. The molecule has 0 aliphatic carbocycles. The van der Waals surface area contributed by atoms with Crippen LogP contribution in [-0.2, 0) is 11.3 Å². The van der Waals surface area contributed by atoms with Crippen molar-refractivity contribution >= 4 is 17.5 Å². The van der Waals surface area contributed by atoms with Crippen molar-refractivity contribution in [2.75, 3.05) is 11.4 Å². The minimum atomic E-state index is -0.354. The first kappa shape index (κ1) is 17.8. The molecule has 8 heteroatoms. The van der Waals surface area contributed by atoms with E-state index in [9.17, 15) is 14.0 Å². The van der Waals surface area contributed by atoms with Gasteiger partial charge in [0.05, 0.1) is 6.54 Å². The number of benzene rings is 2. The Balaban J connectivity index is 1.38. The number of carbonyl (C=O) groups excluding carboxylic acids is 2. The van der Waals surface area contributed by atoms with Crippen LogP contribution in [-0.4, -0.2) is 28.5 Å². The van der Waals surface area contributed by atoms with Gasteiger partial charge in [0.25, 0.3) is 5.91 Å². The van der Waals surface area contributed by atoms with Crippen LogP contribution < -0.4 is 10.2 Å². The van der Waals surface area contributed by atoms with Crippen LogP contribution in [0, 0.1) is 5.82 Å². The second kappa shape index (κ2) is 7.59. The van der Waals surface area contributed by atoms with E-state index < -0.39 is 0 Å². The van der Waals surface area contributed by atoms with Crippen LogP contribution in [0.3, 0.4) is 0 Å². The molecule has 1 unspecified atom stereocenters. The minimum Gasteiger partial charge on any atom is -0.343 e. The van der Waals surface area contributed by atoms with E-state index in [0.717, 1.165) is 0 Å². The lowest BCUT2D eigenvalue weighted by Crippen LogP contribution is -2.24. The monoisotopic (exact) mass is 380 g/mol. The summed E-state index contributed by atoms with van der Waals surface area (Å²) in [5.41, 5.74) is 1.17. The lowest BCUT2D eigenvalue weighted by Gasteiger charge is -2.15. The number of nitrogens with zero attached hydrogens (tertiary/aromatic N) is 3. The first-order valence-corrected chi connectivity index (χ1v) is 8.82. The van der Waals surface area contributed by atoms with Gasteiger partial charge in [-0.1, -0.05) is 23.4 Å². The van der Waals surface area contributed by atoms with Gasteiger partial charge in [-0.25, -0.2) is 4.39 Å². The lowest BCUT2D eigenvalue weighted by atomic mass is 10.1. The third kappa shape index (κ3) is 3.75. The molecular formula is C20H17FN4O3. The molecule has 2 heterocycles. The highest BCUT2D eigenvalue weighted by atomic mass is 19.1. The zero-order chi connectivity index (χ0) is 19.5.